The predicted molar refractivity (Wildman–Crippen MR) is 70.3 cm³/mol. The van der Waals surface area contributed by atoms with E-state index in [0.717, 1.165) is 11.1 Å². The summed E-state index contributed by atoms with van der Waals surface area (Å²) < 4.78 is 5.23. The Morgan fingerprint density at radius 1 is 0.889 bits per heavy atom. The van der Waals surface area contributed by atoms with Gasteiger partial charge in [-0.05, 0) is 23.3 Å². The van der Waals surface area contributed by atoms with Crippen molar-refractivity contribution in [3.8, 4) is 16.9 Å². The van der Waals surface area contributed by atoms with Gasteiger partial charge >= 0.3 is 0 Å². The molecular weight excluding hydrogens is 228 g/mol. The minimum absolute atomic E-state index is 0.114. The number of rotatable bonds is 4. The van der Waals surface area contributed by atoms with Gasteiger partial charge in [0.05, 0.1) is 20.3 Å². The van der Waals surface area contributed by atoms with Crippen LogP contribution in [0.1, 0.15) is 11.1 Å². The van der Waals surface area contributed by atoms with Gasteiger partial charge in [-0.1, -0.05) is 30.3 Å². The highest BCUT2D eigenvalue weighted by Crippen LogP contribution is 2.31. The van der Waals surface area contributed by atoms with Crippen LogP contribution in [0.2, 0.25) is 0 Å². The lowest BCUT2D eigenvalue weighted by Crippen LogP contribution is -1.99. The van der Waals surface area contributed by atoms with Crippen LogP contribution in [0.4, 0.5) is 0 Å². The van der Waals surface area contributed by atoms with Gasteiger partial charge < -0.3 is 14.9 Å². The van der Waals surface area contributed by atoms with Crippen LogP contribution < -0.4 is 4.74 Å². The Hall–Kier alpha value is -1.84. The number of aliphatic hydroxyl groups is 2. The van der Waals surface area contributed by atoms with Gasteiger partial charge in [-0.2, -0.15) is 0 Å². The van der Waals surface area contributed by atoms with Crippen molar-refractivity contribution in [2.75, 3.05) is 7.11 Å². The molecule has 0 spiro atoms. The Morgan fingerprint density at radius 3 is 1.89 bits per heavy atom. The first-order valence-corrected chi connectivity index (χ1v) is 5.77. The summed E-state index contributed by atoms with van der Waals surface area (Å²) in [5.41, 5.74) is 3.37. The molecule has 0 aromatic heterocycles. The Morgan fingerprint density at radius 2 is 1.44 bits per heavy atom. The van der Waals surface area contributed by atoms with Crippen molar-refractivity contribution in [1.82, 2.24) is 0 Å². The monoisotopic (exact) mass is 244 g/mol. The van der Waals surface area contributed by atoms with Crippen LogP contribution in [-0.4, -0.2) is 17.3 Å². The fourth-order valence-corrected chi connectivity index (χ4v) is 2.05. The van der Waals surface area contributed by atoms with Gasteiger partial charge in [0.25, 0.3) is 0 Å². The summed E-state index contributed by atoms with van der Waals surface area (Å²) in [6.45, 7) is -0.228. The summed E-state index contributed by atoms with van der Waals surface area (Å²) in [7, 11) is 1.54. The van der Waals surface area contributed by atoms with E-state index in [-0.39, 0.29) is 13.2 Å². The third kappa shape index (κ3) is 2.37. The van der Waals surface area contributed by atoms with Crippen molar-refractivity contribution >= 4 is 0 Å². The molecule has 2 rings (SSSR count). The Labute approximate surface area is 106 Å². The Bertz CT molecular complexity index is 496. The maximum atomic E-state index is 9.38. The van der Waals surface area contributed by atoms with Crippen LogP contribution in [0.5, 0.6) is 5.75 Å². The standard InChI is InChI=1S/C15H16O3/c1-18-15-13(9-16)7-12(8-14(15)10-17)11-5-3-2-4-6-11/h2-8,16-17H,9-10H2,1H3. The summed E-state index contributed by atoms with van der Waals surface area (Å²) in [5, 5.41) is 18.8. The van der Waals surface area contributed by atoms with Crippen molar-refractivity contribution in [3.63, 3.8) is 0 Å². The van der Waals surface area contributed by atoms with E-state index >= 15 is 0 Å². The molecule has 0 unspecified atom stereocenters. The van der Waals surface area contributed by atoms with Gasteiger partial charge in [-0.3, -0.25) is 0 Å². The van der Waals surface area contributed by atoms with Gasteiger partial charge in [0.1, 0.15) is 5.75 Å². The van der Waals surface area contributed by atoms with Crippen LogP contribution in [-0.2, 0) is 13.2 Å². The smallest absolute Gasteiger partial charge is 0.129 e. The van der Waals surface area contributed by atoms with E-state index in [1.165, 1.54) is 7.11 Å². The molecule has 3 nitrogen and oxygen atoms in total. The zero-order chi connectivity index (χ0) is 13.0. The largest absolute Gasteiger partial charge is 0.496 e. The van der Waals surface area contributed by atoms with Crippen molar-refractivity contribution in [1.29, 1.82) is 0 Å². The topological polar surface area (TPSA) is 49.7 Å². The highest BCUT2D eigenvalue weighted by molar-refractivity contribution is 5.67. The van der Waals surface area contributed by atoms with Crippen molar-refractivity contribution in [3.05, 3.63) is 53.6 Å². The van der Waals surface area contributed by atoms with E-state index in [9.17, 15) is 10.2 Å². The molecule has 0 saturated heterocycles. The fourth-order valence-electron chi connectivity index (χ4n) is 2.05. The lowest BCUT2D eigenvalue weighted by molar-refractivity contribution is 0.261. The SMILES string of the molecule is COc1c(CO)cc(-c2ccccc2)cc1CO. The maximum absolute atomic E-state index is 9.38. The van der Waals surface area contributed by atoms with E-state index < -0.39 is 0 Å². The number of methoxy groups -OCH3 is 1. The molecule has 2 aromatic carbocycles. The molecule has 0 bridgehead atoms. The molecule has 0 heterocycles. The summed E-state index contributed by atoms with van der Waals surface area (Å²) in [6.07, 6.45) is 0. The summed E-state index contributed by atoms with van der Waals surface area (Å²) in [4.78, 5) is 0. The minimum atomic E-state index is -0.114. The van der Waals surface area contributed by atoms with Crippen molar-refractivity contribution in [2.45, 2.75) is 13.2 Å². The number of benzene rings is 2. The summed E-state index contributed by atoms with van der Waals surface area (Å²) >= 11 is 0. The van der Waals surface area contributed by atoms with Crippen LogP contribution >= 0.6 is 0 Å². The molecule has 18 heavy (non-hydrogen) atoms. The van der Waals surface area contributed by atoms with Gasteiger partial charge in [0.15, 0.2) is 0 Å². The van der Waals surface area contributed by atoms with E-state index in [1.807, 2.05) is 42.5 Å². The van der Waals surface area contributed by atoms with Gasteiger partial charge in [0.2, 0.25) is 0 Å². The van der Waals surface area contributed by atoms with E-state index in [1.54, 1.807) is 0 Å². The predicted octanol–water partition coefficient (Wildman–Crippen LogP) is 2.35. The first-order valence-electron chi connectivity index (χ1n) is 5.77. The van der Waals surface area contributed by atoms with Crippen LogP contribution in [0.3, 0.4) is 0 Å². The molecule has 0 aliphatic heterocycles. The Balaban J connectivity index is 2.57. The molecule has 0 fully saturated rings. The lowest BCUT2D eigenvalue weighted by atomic mass is 9.99. The average Bonchev–Trinajstić information content (AvgIpc) is 2.46. The van der Waals surface area contributed by atoms with Gasteiger partial charge in [-0.15, -0.1) is 0 Å². The third-order valence-electron chi connectivity index (χ3n) is 2.89. The molecule has 2 N–H and O–H groups in total. The molecule has 0 saturated carbocycles. The van der Waals surface area contributed by atoms with Gasteiger partial charge in [-0.25, -0.2) is 0 Å². The lowest BCUT2D eigenvalue weighted by Gasteiger charge is -2.13. The fraction of sp³-hybridized carbons (Fsp3) is 0.200. The van der Waals surface area contributed by atoms with E-state index in [4.69, 9.17) is 4.74 Å². The van der Waals surface area contributed by atoms with Crippen molar-refractivity contribution in [2.24, 2.45) is 0 Å². The summed E-state index contributed by atoms with van der Waals surface area (Å²) in [5.74, 6) is 0.555. The first kappa shape index (κ1) is 12.6. The molecule has 0 radical (unpaired) electrons. The minimum Gasteiger partial charge on any atom is -0.496 e. The maximum Gasteiger partial charge on any atom is 0.129 e. The van der Waals surface area contributed by atoms with Gasteiger partial charge in [0, 0.05) is 11.1 Å². The second-order valence-electron chi connectivity index (χ2n) is 4.01. The first-order chi connectivity index (χ1) is 8.80. The normalized spacial score (nSPS) is 10.4. The zero-order valence-electron chi connectivity index (χ0n) is 10.3. The Kier molecular flexibility index (Phi) is 3.97. The number of hydrogen-bond donors (Lipinski definition) is 2. The second kappa shape index (κ2) is 5.67. The third-order valence-corrected chi connectivity index (χ3v) is 2.89. The molecule has 94 valence electrons. The highest BCUT2D eigenvalue weighted by Gasteiger charge is 2.11. The molecular formula is C15H16O3. The quantitative estimate of drug-likeness (QED) is 0.868. The van der Waals surface area contributed by atoms with Crippen LogP contribution in [0.15, 0.2) is 42.5 Å². The molecule has 0 atom stereocenters. The zero-order valence-corrected chi connectivity index (χ0v) is 10.3. The molecule has 0 aliphatic rings. The van der Waals surface area contributed by atoms with Crippen LogP contribution in [0.25, 0.3) is 11.1 Å². The van der Waals surface area contributed by atoms with E-state index in [0.29, 0.717) is 16.9 Å². The number of aliphatic hydroxyl groups excluding tert-OH is 2. The van der Waals surface area contributed by atoms with Crippen molar-refractivity contribution < 1.29 is 14.9 Å². The average molecular weight is 244 g/mol. The highest BCUT2D eigenvalue weighted by atomic mass is 16.5. The summed E-state index contributed by atoms with van der Waals surface area (Å²) in [6, 6.07) is 13.6. The molecule has 3 heteroatoms. The number of ether oxygens (including phenoxy) is 1. The van der Waals surface area contributed by atoms with E-state index in [2.05, 4.69) is 0 Å². The number of hydrogen-bond acceptors (Lipinski definition) is 3. The second-order valence-corrected chi connectivity index (χ2v) is 4.01. The van der Waals surface area contributed by atoms with Crippen LogP contribution in [0, 0.1) is 0 Å². The molecule has 0 amide bonds. The molecule has 0 aliphatic carbocycles. The molecule has 2 aromatic rings.